The summed E-state index contributed by atoms with van der Waals surface area (Å²) >= 11 is 1.18. The summed E-state index contributed by atoms with van der Waals surface area (Å²) in [5, 5.41) is 17.4. The lowest BCUT2D eigenvalue weighted by molar-refractivity contribution is -0.138. The van der Waals surface area contributed by atoms with Gasteiger partial charge in [0, 0.05) is 5.71 Å². The summed E-state index contributed by atoms with van der Waals surface area (Å²) in [5.74, 6) is -1.25. The van der Waals surface area contributed by atoms with E-state index in [9.17, 15) is 9.59 Å². The molecule has 126 valence electrons. The van der Waals surface area contributed by atoms with Crippen molar-refractivity contribution in [2.45, 2.75) is 43.8 Å². The molecule has 1 amide bonds. The molecule has 24 heavy (non-hydrogen) atoms. The number of hydrogen-bond acceptors (Lipinski definition) is 5. The Labute approximate surface area is 144 Å². The fraction of sp³-hybridized carbons (Fsp3) is 0.412. The molecule has 0 bridgehead atoms. The van der Waals surface area contributed by atoms with E-state index in [0.29, 0.717) is 10.9 Å². The van der Waals surface area contributed by atoms with Crippen molar-refractivity contribution in [1.82, 2.24) is 0 Å². The second-order valence-electron chi connectivity index (χ2n) is 5.82. The Balaban J connectivity index is 1.88. The molecule has 0 spiro atoms. The first kappa shape index (κ1) is 16.7. The van der Waals surface area contributed by atoms with Gasteiger partial charge in [0.2, 0.25) is 5.91 Å². The van der Waals surface area contributed by atoms with Crippen LogP contribution < -0.4 is 4.90 Å². The predicted molar refractivity (Wildman–Crippen MR) is 95.5 cm³/mol. The largest absolute Gasteiger partial charge is 0.481 e. The highest BCUT2D eigenvalue weighted by atomic mass is 32.2. The molecule has 2 fully saturated rings. The number of para-hydroxylation sites is 1. The molecule has 1 saturated heterocycles. The van der Waals surface area contributed by atoms with Gasteiger partial charge < -0.3 is 5.11 Å². The fourth-order valence-corrected chi connectivity index (χ4v) is 3.89. The monoisotopic (exact) mass is 345 g/mol. The van der Waals surface area contributed by atoms with Crippen LogP contribution >= 0.6 is 11.8 Å². The zero-order valence-electron chi connectivity index (χ0n) is 13.2. The van der Waals surface area contributed by atoms with Crippen LogP contribution in [-0.4, -0.2) is 33.1 Å². The lowest BCUT2D eigenvalue weighted by Crippen LogP contribution is -2.32. The van der Waals surface area contributed by atoms with Crippen molar-refractivity contribution in [2.75, 3.05) is 4.90 Å². The van der Waals surface area contributed by atoms with Crippen molar-refractivity contribution in [3.05, 3.63) is 30.3 Å². The van der Waals surface area contributed by atoms with Crippen molar-refractivity contribution in [3.8, 4) is 0 Å². The number of aliphatic carboxylic acids is 1. The van der Waals surface area contributed by atoms with Gasteiger partial charge >= 0.3 is 5.97 Å². The van der Waals surface area contributed by atoms with Crippen LogP contribution in [0.1, 0.15) is 38.5 Å². The van der Waals surface area contributed by atoms with Gasteiger partial charge in [-0.25, -0.2) is 0 Å². The van der Waals surface area contributed by atoms with Gasteiger partial charge in [-0.3, -0.25) is 14.5 Å². The van der Waals surface area contributed by atoms with Gasteiger partial charge in [-0.2, -0.15) is 5.10 Å². The number of amidine groups is 1. The summed E-state index contributed by atoms with van der Waals surface area (Å²) in [4.78, 5) is 25.1. The van der Waals surface area contributed by atoms with Crippen molar-refractivity contribution in [1.29, 1.82) is 0 Å². The van der Waals surface area contributed by atoms with E-state index in [1.54, 1.807) is 0 Å². The summed E-state index contributed by atoms with van der Waals surface area (Å²) in [6.07, 6.45) is 5.14. The van der Waals surface area contributed by atoms with Crippen LogP contribution in [0, 0.1) is 0 Å². The average molecular weight is 345 g/mol. The number of thioether (sulfide) groups is 1. The van der Waals surface area contributed by atoms with Gasteiger partial charge in [0.1, 0.15) is 5.25 Å². The van der Waals surface area contributed by atoms with Gasteiger partial charge in [-0.1, -0.05) is 36.4 Å². The third-order valence-electron chi connectivity index (χ3n) is 4.02. The molecule has 1 N–H and O–H groups in total. The second kappa shape index (κ2) is 7.61. The minimum Gasteiger partial charge on any atom is -0.481 e. The zero-order chi connectivity index (χ0) is 16.9. The molecular weight excluding hydrogens is 326 g/mol. The normalized spacial score (nSPS) is 22.9. The molecule has 3 rings (SSSR count). The Morgan fingerprint density at radius 3 is 2.54 bits per heavy atom. The topological polar surface area (TPSA) is 82.3 Å². The molecular formula is C17H19N3O3S. The Bertz CT molecular complexity index is 680. The molecule has 1 atom stereocenters. The zero-order valence-corrected chi connectivity index (χ0v) is 14.0. The van der Waals surface area contributed by atoms with E-state index in [4.69, 9.17) is 5.11 Å². The number of carboxylic acids is 1. The molecule has 0 radical (unpaired) electrons. The van der Waals surface area contributed by atoms with Gasteiger partial charge in [0.05, 0.1) is 12.1 Å². The number of benzene rings is 1. The molecule has 1 aliphatic carbocycles. The lowest BCUT2D eigenvalue weighted by atomic mass is 9.99. The van der Waals surface area contributed by atoms with Crippen molar-refractivity contribution >= 4 is 40.2 Å². The van der Waals surface area contributed by atoms with Gasteiger partial charge in [-0.15, -0.1) is 5.10 Å². The van der Waals surface area contributed by atoms with Crippen LogP contribution in [0.25, 0.3) is 0 Å². The number of amides is 1. The van der Waals surface area contributed by atoms with Crippen molar-refractivity contribution < 1.29 is 14.7 Å². The first-order valence-corrected chi connectivity index (χ1v) is 8.94. The number of rotatable bonds is 4. The summed E-state index contributed by atoms with van der Waals surface area (Å²) in [7, 11) is 0. The minimum atomic E-state index is -0.992. The quantitative estimate of drug-likeness (QED) is 0.849. The predicted octanol–water partition coefficient (Wildman–Crippen LogP) is 3.29. The fourth-order valence-electron chi connectivity index (χ4n) is 2.81. The van der Waals surface area contributed by atoms with E-state index in [2.05, 4.69) is 10.2 Å². The highest BCUT2D eigenvalue weighted by molar-refractivity contribution is 8.16. The maximum Gasteiger partial charge on any atom is 0.305 e. The maximum atomic E-state index is 12.6. The molecule has 1 heterocycles. The van der Waals surface area contributed by atoms with Crippen LogP contribution in [0.3, 0.4) is 0 Å². The van der Waals surface area contributed by atoms with Crippen LogP contribution in [0.5, 0.6) is 0 Å². The van der Waals surface area contributed by atoms with Crippen LogP contribution in [-0.2, 0) is 9.59 Å². The molecule has 1 aromatic carbocycles. The molecule has 7 heteroatoms. The Hall–Kier alpha value is -2.15. The number of carbonyl (C=O) groups excluding carboxylic acids is 1. The van der Waals surface area contributed by atoms with Gasteiger partial charge in [0.25, 0.3) is 0 Å². The SMILES string of the molecule is O=C(O)C[C@H]1S/C(=N\N=C2CCCCC2)N(c2ccccc2)C1=O. The first-order chi connectivity index (χ1) is 11.6. The van der Waals surface area contributed by atoms with Crippen LogP contribution in [0.2, 0.25) is 0 Å². The number of carboxylic acid groups (broad SMARTS) is 1. The third-order valence-corrected chi connectivity index (χ3v) is 5.14. The van der Waals surface area contributed by atoms with Crippen molar-refractivity contribution in [3.63, 3.8) is 0 Å². The third kappa shape index (κ3) is 3.84. The summed E-state index contributed by atoms with van der Waals surface area (Å²) in [6.45, 7) is 0. The number of hydrogen-bond donors (Lipinski definition) is 1. The minimum absolute atomic E-state index is 0.220. The second-order valence-corrected chi connectivity index (χ2v) is 6.99. The van der Waals surface area contributed by atoms with E-state index in [1.807, 2.05) is 30.3 Å². The number of nitrogens with zero attached hydrogens (tertiary/aromatic N) is 3. The molecule has 0 aromatic heterocycles. The number of anilines is 1. The van der Waals surface area contributed by atoms with Gasteiger partial charge in [0.15, 0.2) is 5.17 Å². The lowest BCUT2D eigenvalue weighted by Gasteiger charge is -2.16. The van der Waals surface area contributed by atoms with Crippen molar-refractivity contribution in [2.24, 2.45) is 10.2 Å². The van der Waals surface area contributed by atoms with E-state index < -0.39 is 11.2 Å². The number of carbonyl (C=O) groups is 2. The summed E-state index contributed by atoms with van der Waals surface area (Å²) in [6, 6.07) is 9.16. The Kier molecular flexibility index (Phi) is 5.30. The molecule has 2 aliphatic rings. The molecule has 1 aliphatic heterocycles. The van der Waals surface area contributed by atoms with Crippen LogP contribution in [0.4, 0.5) is 5.69 Å². The van der Waals surface area contributed by atoms with E-state index >= 15 is 0 Å². The maximum absolute atomic E-state index is 12.6. The summed E-state index contributed by atoms with van der Waals surface area (Å²) < 4.78 is 0. The van der Waals surface area contributed by atoms with E-state index in [1.165, 1.54) is 23.1 Å². The standard InChI is InChI=1S/C17H19N3O3S/c21-15(22)11-14-16(23)20(13-9-5-2-6-10-13)17(24-14)19-18-12-7-3-1-4-8-12/h2,5-6,9-10,14H,1,3-4,7-8,11H2,(H,21,22)/b19-17-/t14-/m1/s1. The highest BCUT2D eigenvalue weighted by Crippen LogP contribution is 2.33. The summed E-state index contributed by atoms with van der Waals surface area (Å²) in [5.41, 5.74) is 1.74. The Morgan fingerprint density at radius 1 is 1.17 bits per heavy atom. The molecule has 1 saturated carbocycles. The molecule has 0 unspecified atom stereocenters. The van der Waals surface area contributed by atoms with E-state index in [-0.39, 0.29) is 12.3 Å². The van der Waals surface area contributed by atoms with E-state index in [0.717, 1.165) is 31.4 Å². The van der Waals surface area contributed by atoms with Gasteiger partial charge in [-0.05, 0) is 37.8 Å². The molecule has 1 aromatic rings. The molecule has 6 nitrogen and oxygen atoms in total. The smallest absolute Gasteiger partial charge is 0.305 e. The average Bonchev–Trinajstić information content (AvgIpc) is 2.90. The highest BCUT2D eigenvalue weighted by Gasteiger charge is 2.40. The van der Waals surface area contributed by atoms with Crippen LogP contribution in [0.15, 0.2) is 40.5 Å². The Morgan fingerprint density at radius 2 is 1.88 bits per heavy atom. The first-order valence-electron chi connectivity index (χ1n) is 8.06.